The van der Waals surface area contributed by atoms with Crippen LogP contribution >= 0.6 is 0 Å². The topological polar surface area (TPSA) is 69.4 Å². The first-order chi connectivity index (χ1) is 9.70. The summed E-state index contributed by atoms with van der Waals surface area (Å²) in [6.45, 7) is 0.339. The predicted molar refractivity (Wildman–Crippen MR) is 74.1 cm³/mol. The molecule has 0 aliphatic rings. The second-order valence-electron chi connectivity index (χ2n) is 4.17. The quantitative estimate of drug-likeness (QED) is 0.460. The van der Waals surface area contributed by atoms with Crippen LogP contribution in [0.15, 0.2) is 48.5 Å². The largest absolute Gasteiger partial charge is 0.493 e. The highest BCUT2D eigenvalue weighted by Crippen LogP contribution is 2.19. The van der Waals surface area contributed by atoms with E-state index in [1.54, 1.807) is 42.5 Å². The fraction of sp³-hybridized carbons (Fsp3) is 0.133. The Bertz CT molecular complexity index is 608. The van der Waals surface area contributed by atoms with Gasteiger partial charge in [-0.25, -0.2) is 0 Å². The summed E-state index contributed by atoms with van der Waals surface area (Å²) >= 11 is 0. The van der Waals surface area contributed by atoms with Crippen LogP contribution in [0.1, 0.15) is 15.9 Å². The molecule has 2 rings (SSSR count). The lowest BCUT2D eigenvalue weighted by Gasteiger charge is -2.06. The second kappa shape index (κ2) is 6.47. The standard InChI is InChI=1S/C15H13NO4/c17-11-12-5-7-14(8-6-12)20-10-9-13-3-1-2-4-15(13)16(18)19/h1-8,11H,9-10H2. The van der Waals surface area contributed by atoms with Crippen molar-refractivity contribution in [3.05, 3.63) is 69.8 Å². The van der Waals surface area contributed by atoms with Crippen LogP contribution in [0, 0.1) is 10.1 Å². The molecule has 0 aromatic heterocycles. The minimum atomic E-state index is -0.395. The minimum Gasteiger partial charge on any atom is -0.493 e. The SMILES string of the molecule is O=Cc1ccc(OCCc2ccccc2[N+](=O)[O-])cc1. The molecule has 0 aliphatic carbocycles. The number of hydrogen-bond donors (Lipinski definition) is 0. The summed E-state index contributed by atoms with van der Waals surface area (Å²) in [5.74, 6) is 0.634. The molecule has 0 amide bonds. The van der Waals surface area contributed by atoms with E-state index in [0.29, 0.717) is 29.9 Å². The van der Waals surface area contributed by atoms with E-state index in [-0.39, 0.29) is 5.69 Å². The van der Waals surface area contributed by atoms with E-state index in [1.165, 1.54) is 6.07 Å². The zero-order valence-corrected chi connectivity index (χ0v) is 10.7. The average Bonchev–Trinajstić information content (AvgIpc) is 2.48. The van der Waals surface area contributed by atoms with Gasteiger partial charge in [0.25, 0.3) is 5.69 Å². The van der Waals surface area contributed by atoms with Gasteiger partial charge in [-0.1, -0.05) is 18.2 Å². The van der Waals surface area contributed by atoms with Crippen LogP contribution in [0.3, 0.4) is 0 Å². The van der Waals surface area contributed by atoms with Crippen LogP contribution in [0.4, 0.5) is 5.69 Å². The number of nitrogens with zero attached hydrogens (tertiary/aromatic N) is 1. The van der Waals surface area contributed by atoms with Crippen molar-refractivity contribution in [2.45, 2.75) is 6.42 Å². The first-order valence-electron chi connectivity index (χ1n) is 6.11. The molecular weight excluding hydrogens is 258 g/mol. The molecule has 0 unspecified atom stereocenters. The van der Waals surface area contributed by atoms with Crippen LogP contribution in [-0.2, 0) is 6.42 Å². The molecule has 0 spiro atoms. The Hall–Kier alpha value is -2.69. The number of rotatable bonds is 6. The van der Waals surface area contributed by atoms with Gasteiger partial charge in [-0.3, -0.25) is 14.9 Å². The number of para-hydroxylation sites is 1. The molecule has 0 radical (unpaired) electrons. The Kier molecular flexibility index (Phi) is 4.44. The van der Waals surface area contributed by atoms with E-state index >= 15 is 0 Å². The van der Waals surface area contributed by atoms with E-state index in [9.17, 15) is 14.9 Å². The highest BCUT2D eigenvalue weighted by Gasteiger charge is 2.11. The molecule has 0 heterocycles. The maximum Gasteiger partial charge on any atom is 0.272 e. The third-order valence-corrected chi connectivity index (χ3v) is 2.84. The summed E-state index contributed by atoms with van der Waals surface area (Å²) < 4.78 is 5.51. The van der Waals surface area contributed by atoms with Gasteiger partial charge in [-0.2, -0.15) is 0 Å². The van der Waals surface area contributed by atoms with Gasteiger partial charge in [-0.15, -0.1) is 0 Å². The first kappa shape index (κ1) is 13.7. The number of hydrogen-bond acceptors (Lipinski definition) is 4. The molecule has 5 heteroatoms. The van der Waals surface area contributed by atoms with Crippen molar-refractivity contribution in [1.29, 1.82) is 0 Å². The van der Waals surface area contributed by atoms with E-state index in [4.69, 9.17) is 4.74 Å². The van der Waals surface area contributed by atoms with Crippen molar-refractivity contribution in [3.8, 4) is 5.75 Å². The summed E-state index contributed by atoms with van der Waals surface area (Å²) in [4.78, 5) is 21.0. The normalized spacial score (nSPS) is 10.0. The maximum absolute atomic E-state index is 10.9. The first-order valence-corrected chi connectivity index (χ1v) is 6.11. The van der Waals surface area contributed by atoms with Gasteiger partial charge >= 0.3 is 0 Å². The van der Waals surface area contributed by atoms with E-state index in [1.807, 2.05) is 0 Å². The van der Waals surface area contributed by atoms with Crippen molar-refractivity contribution in [1.82, 2.24) is 0 Å². The van der Waals surface area contributed by atoms with Gasteiger partial charge in [0, 0.05) is 23.6 Å². The molecule has 0 aliphatic heterocycles. The van der Waals surface area contributed by atoms with Crippen LogP contribution in [-0.4, -0.2) is 17.8 Å². The summed E-state index contributed by atoms with van der Waals surface area (Å²) in [5.41, 5.74) is 1.32. The molecule has 0 bridgehead atoms. The molecule has 0 saturated heterocycles. The van der Waals surface area contributed by atoms with Crippen LogP contribution < -0.4 is 4.74 Å². The summed E-state index contributed by atoms with van der Waals surface area (Å²) in [6, 6.07) is 13.3. The van der Waals surface area contributed by atoms with Crippen molar-refractivity contribution in [2.24, 2.45) is 0 Å². The highest BCUT2D eigenvalue weighted by atomic mass is 16.6. The van der Waals surface area contributed by atoms with E-state index in [0.717, 1.165) is 6.29 Å². The Labute approximate surface area is 116 Å². The molecule has 2 aromatic rings. The highest BCUT2D eigenvalue weighted by molar-refractivity contribution is 5.74. The lowest BCUT2D eigenvalue weighted by molar-refractivity contribution is -0.385. The van der Waals surface area contributed by atoms with Gasteiger partial charge in [-0.05, 0) is 24.3 Å². The molecule has 0 fully saturated rings. The summed E-state index contributed by atoms with van der Waals surface area (Å²) in [6.07, 6.45) is 1.21. The third kappa shape index (κ3) is 3.41. The van der Waals surface area contributed by atoms with Gasteiger partial charge in [0.05, 0.1) is 11.5 Å². The second-order valence-corrected chi connectivity index (χ2v) is 4.17. The number of nitro benzene ring substituents is 1. The number of nitro groups is 1. The van der Waals surface area contributed by atoms with E-state index < -0.39 is 4.92 Å². The number of benzene rings is 2. The van der Waals surface area contributed by atoms with Crippen molar-refractivity contribution >= 4 is 12.0 Å². The number of ether oxygens (including phenoxy) is 1. The average molecular weight is 271 g/mol. The molecular formula is C15H13NO4. The third-order valence-electron chi connectivity index (χ3n) is 2.84. The smallest absolute Gasteiger partial charge is 0.272 e. The van der Waals surface area contributed by atoms with Crippen LogP contribution in [0.2, 0.25) is 0 Å². The van der Waals surface area contributed by atoms with Crippen molar-refractivity contribution in [2.75, 3.05) is 6.61 Å². The Morgan fingerprint density at radius 3 is 2.45 bits per heavy atom. The fourth-order valence-electron chi connectivity index (χ4n) is 1.82. The van der Waals surface area contributed by atoms with Gasteiger partial charge in [0.15, 0.2) is 0 Å². The molecule has 2 aromatic carbocycles. The van der Waals surface area contributed by atoms with E-state index in [2.05, 4.69) is 0 Å². The molecule has 0 N–H and O–H groups in total. The number of aldehydes is 1. The zero-order valence-electron chi connectivity index (χ0n) is 10.7. The number of carbonyl (C=O) groups is 1. The number of carbonyl (C=O) groups excluding carboxylic acids is 1. The maximum atomic E-state index is 10.9. The molecule has 0 atom stereocenters. The Morgan fingerprint density at radius 2 is 1.80 bits per heavy atom. The Balaban J connectivity index is 1.95. The van der Waals surface area contributed by atoms with Crippen molar-refractivity contribution < 1.29 is 14.5 Å². The van der Waals surface area contributed by atoms with Gasteiger partial charge in [0.2, 0.25) is 0 Å². The van der Waals surface area contributed by atoms with Crippen molar-refractivity contribution in [3.63, 3.8) is 0 Å². The fourth-order valence-corrected chi connectivity index (χ4v) is 1.82. The lowest BCUT2D eigenvalue weighted by Crippen LogP contribution is -2.04. The molecule has 20 heavy (non-hydrogen) atoms. The molecule has 102 valence electrons. The van der Waals surface area contributed by atoms with Gasteiger partial charge < -0.3 is 4.74 Å². The summed E-state index contributed by atoms with van der Waals surface area (Å²) in [5, 5.41) is 10.9. The Morgan fingerprint density at radius 1 is 1.10 bits per heavy atom. The monoisotopic (exact) mass is 271 g/mol. The lowest BCUT2D eigenvalue weighted by atomic mass is 10.1. The molecule has 5 nitrogen and oxygen atoms in total. The molecule has 0 saturated carbocycles. The van der Waals surface area contributed by atoms with Crippen LogP contribution in [0.25, 0.3) is 0 Å². The predicted octanol–water partition coefficient (Wildman–Crippen LogP) is 3.03. The summed E-state index contributed by atoms with van der Waals surface area (Å²) in [7, 11) is 0. The minimum absolute atomic E-state index is 0.104. The van der Waals surface area contributed by atoms with Crippen LogP contribution in [0.5, 0.6) is 5.75 Å². The zero-order chi connectivity index (χ0) is 14.4. The van der Waals surface area contributed by atoms with Gasteiger partial charge in [0.1, 0.15) is 12.0 Å².